The lowest BCUT2D eigenvalue weighted by molar-refractivity contribution is -0.113. The Morgan fingerprint density at radius 2 is 2.00 bits per heavy atom. The second-order valence-corrected chi connectivity index (χ2v) is 6.81. The maximum Gasteiger partial charge on any atom is 0.328 e. The van der Waals surface area contributed by atoms with Gasteiger partial charge in [-0.2, -0.15) is 0 Å². The fraction of sp³-hybridized carbons (Fsp3) is 0.235. The van der Waals surface area contributed by atoms with E-state index < -0.39 is 17.1 Å². The highest BCUT2D eigenvalue weighted by molar-refractivity contribution is 7.99. The Balaban J connectivity index is 1.61. The van der Waals surface area contributed by atoms with Crippen molar-refractivity contribution in [3.05, 3.63) is 68.1 Å². The molecule has 0 saturated heterocycles. The molecule has 3 aromatic rings. The summed E-state index contributed by atoms with van der Waals surface area (Å²) >= 11 is 1.03. The first kappa shape index (κ1) is 19.5. The van der Waals surface area contributed by atoms with E-state index in [-0.39, 0.29) is 29.2 Å². The Hall–Kier alpha value is -3.21. The van der Waals surface area contributed by atoms with Crippen molar-refractivity contribution in [1.82, 2.24) is 19.7 Å². The summed E-state index contributed by atoms with van der Waals surface area (Å²) in [5, 5.41) is 10.5. The molecule has 0 aliphatic heterocycles. The number of carbonyl (C=O) groups excluding carboxylic acids is 1. The number of nitrogens with one attached hydrogen (secondary N) is 2. The van der Waals surface area contributed by atoms with E-state index in [1.165, 1.54) is 31.3 Å². The molecule has 0 fully saturated rings. The van der Waals surface area contributed by atoms with Crippen molar-refractivity contribution >= 4 is 23.4 Å². The van der Waals surface area contributed by atoms with E-state index in [0.717, 1.165) is 16.3 Å². The van der Waals surface area contributed by atoms with Crippen LogP contribution in [-0.2, 0) is 18.3 Å². The van der Waals surface area contributed by atoms with Gasteiger partial charge in [0.2, 0.25) is 11.8 Å². The lowest BCUT2D eigenvalue weighted by Gasteiger charge is -2.04. The van der Waals surface area contributed by atoms with Crippen molar-refractivity contribution in [3.8, 4) is 0 Å². The average molecular weight is 405 g/mol. The minimum Gasteiger partial charge on any atom is -0.416 e. The fourth-order valence-corrected chi connectivity index (χ4v) is 2.94. The monoisotopic (exact) mass is 405 g/mol. The first-order valence-corrected chi connectivity index (χ1v) is 9.11. The summed E-state index contributed by atoms with van der Waals surface area (Å²) in [7, 11) is 1.37. The van der Waals surface area contributed by atoms with E-state index in [9.17, 15) is 18.8 Å². The number of hydrogen-bond donors (Lipinski definition) is 2. The van der Waals surface area contributed by atoms with Crippen LogP contribution in [0.2, 0.25) is 0 Å². The molecule has 0 aliphatic rings. The van der Waals surface area contributed by atoms with Gasteiger partial charge in [0, 0.05) is 24.0 Å². The Morgan fingerprint density at radius 3 is 2.71 bits per heavy atom. The number of benzene rings is 1. The Morgan fingerprint density at radius 1 is 1.29 bits per heavy atom. The average Bonchev–Trinajstić information content (AvgIpc) is 3.11. The molecule has 0 atom stereocenters. The normalized spacial score (nSPS) is 10.8. The van der Waals surface area contributed by atoms with Gasteiger partial charge in [-0.15, -0.1) is 10.2 Å². The van der Waals surface area contributed by atoms with Crippen molar-refractivity contribution in [2.24, 2.45) is 7.05 Å². The predicted octanol–water partition coefficient (Wildman–Crippen LogP) is 1.23. The number of rotatable bonds is 6. The van der Waals surface area contributed by atoms with Crippen molar-refractivity contribution in [2.45, 2.75) is 18.6 Å². The lowest BCUT2D eigenvalue weighted by atomic mass is 10.2. The number of amides is 1. The molecule has 1 amide bonds. The Kier molecular flexibility index (Phi) is 5.73. The summed E-state index contributed by atoms with van der Waals surface area (Å²) < 4.78 is 19.3. The van der Waals surface area contributed by atoms with Gasteiger partial charge in [-0.05, 0) is 31.2 Å². The Labute approximate surface area is 162 Å². The molecule has 3 rings (SSSR count). The van der Waals surface area contributed by atoms with Gasteiger partial charge >= 0.3 is 5.69 Å². The molecule has 2 heterocycles. The lowest BCUT2D eigenvalue weighted by Crippen LogP contribution is -2.36. The number of H-pyrrole nitrogens is 1. The van der Waals surface area contributed by atoms with E-state index in [1.54, 1.807) is 6.92 Å². The van der Waals surface area contributed by atoms with Gasteiger partial charge in [0.15, 0.2) is 0 Å². The van der Waals surface area contributed by atoms with Crippen LogP contribution in [0.3, 0.4) is 0 Å². The molecule has 0 unspecified atom stereocenters. The molecule has 146 valence electrons. The molecule has 2 N–H and O–H groups in total. The fourth-order valence-electron chi connectivity index (χ4n) is 2.36. The minimum atomic E-state index is -0.500. The SMILES string of the molecule is Cc1[nH]c(=O)n(C)c(=O)c1Cc1nnc(SCC(=O)Nc2ccc(F)cc2)o1. The summed E-state index contributed by atoms with van der Waals surface area (Å²) in [4.78, 5) is 38.3. The Bertz CT molecular complexity index is 1120. The highest BCUT2D eigenvalue weighted by Gasteiger charge is 2.15. The standard InChI is InChI=1S/C17H16FN5O4S/c1-9-12(15(25)23(2)16(26)19-9)7-14-21-22-17(27-14)28-8-13(24)20-11-5-3-10(18)4-6-11/h3-6H,7-8H2,1-2H3,(H,19,26)(H,20,24). The smallest absolute Gasteiger partial charge is 0.328 e. The van der Waals surface area contributed by atoms with Crippen molar-refractivity contribution in [3.63, 3.8) is 0 Å². The van der Waals surface area contributed by atoms with Gasteiger partial charge in [0.1, 0.15) is 5.82 Å². The molecule has 0 radical (unpaired) electrons. The molecule has 2 aromatic heterocycles. The van der Waals surface area contributed by atoms with E-state index >= 15 is 0 Å². The van der Waals surface area contributed by atoms with E-state index in [2.05, 4.69) is 20.5 Å². The van der Waals surface area contributed by atoms with Crippen LogP contribution in [0.25, 0.3) is 0 Å². The molecular formula is C17H16FN5O4S. The van der Waals surface area contributed by atoms with Gasteiger partial charge in [0.05, 0.1) is 12.2 Å². The maximum absolute atomic E-state index is 12.9. The third kappa shape index (κ3) is 4.55. The van der Waals surface area contributed by atoms with E-state index in [1.807, 2.05) is 0 Å². The van der Waals surface area contributed by atoms with Gasteiger partial charge in [0.25, 0.3) is 10.8 Å². The summed E-state index contributed by atoms with van der Waals surface area (Å²) in [5.41, 5.74) is 0.311. The molecule has 0 aliphatic carbocycles. The summed E-state index contributed by atoms with van der Waals surface area (Å²) in [6.45, 7) is 1.62. The predicted molar refractivity (Wildman–Crippen MR) is 99.9 cm³/mol. The number of thioether (sulfide) groups is 1. The molecule has 9 nitrogen and oxygen atoms in total. The zero-order chi connectivity index (χ0) is 20.3. The van der Waals surface area contributed by atoms with Crippen LogP contribution in [-0.4, -0.2) is 31.4 Å². The summed E-state index contributed by atoms with van der Waals surface area (Å²) in [6.07, 6.45) is 0.0601. The van der Waals surface area contributed by atoms with Gasteiger partial charge in [-0.3, -0.25) is 14.2 Å². The van der Waals surface area contributed by atoms with Gasteiger partial charge < -0.3 is 14.7 Å². The van der Waals surface area contributed by atoms with Gasteiger partial charge in [-0.25, -0.2) is 9.18 Å². The maximum atomic E-state index is 12.9. The van der Waals surface area contributed by atoms with Crippen LogP contribution < -0.4 is 16.6 Å². The van der Waals surface area contributed by atoms with Crippen LogP contribution >= 0.6 is 11.8 Å². The topological polar surface area (TPSA) is 123 Å². The van der Waals surface area contributed by atoms with Crippen LogP contribution in [0.5, 0.6) is 0 Å². The van der Waals surface area contributed by atoms with Crippen molar-refractivity contribution in [1.29, 1.82) is 0 Å². The number of anilines is 1. The first-order chi connectivity index (χ1) is 13.3. The summed E-state index contributed by atoms with van der Waals surface area (Å²) in [6, 6.07) is 5.40. The third-order valence-corrected chi connectivity index (χ3v) is 4.66. The quantitative estimate of drug-likeness (QED) is 0.591. The second kappa shape index (κ2) is 8.21. The third-order valence-electron chi connectivity index (χ3n) is 3.85. The number of carbonyl (C=O) groups is 1. The zero-order valence-corrected chi connectivity index (χ0v) is 15.8. The zero-order valence-electron chi connectivity index (χ0n) is 15.0. The largest absolute Gasteiger partial charge is 0.416 e. The van der Waals surface area contributed by atoms with Crippen LogP contribution in [0.15, 0.2) is 43.5 Å². The van der Waals surface area contributed by atoms with Crippen LogP contribution in [0.4, 0.5) is 10.1 Å². The number of aromatic nitrogens is 4. The van der Waals surface area contributed by atoms with E-state index in [0.29, 0.717) is 16.9 Å². The second-order valence-electron chi connectivity index (χ2n) is 5.88. The number of aryl methyl sites for hydroxylation is 1. The minimum absolute atomic E-state index is 0.0124. The summed E-state index contributed by atoms with van der Waals surface area (Å²) in [5.74, 6) is -0.507. The number of halogens is 1. The van der Waals surface area contributed by atoms with Crippen LogP contribution in [0, 0.1) is 12.7 Å². The molecule has 0 spiro atoms. The number of aromatic amines is 1. The molecular weight excluding hydrogens is 389 g/mol. The molecule has 11 heteroatoms. The molecule has 1 aromatic carbocycles. The van der Waals surface area contributed by atoms with Crippen molar-refractivity contribution < 1.29 is 13.6 Å². The highest BCUT2D eigenvalue weighted by Crippen LogP contribution is 2.18. The van der Waals surface area contributed by atoms with Gasteiger partial charge in [-0.1, -0.05) is 11.8 Å². The first-order valence-electron chi connectivity index (χ1n) is 8.13. The highest BCUT2D eigenvalue weighted by atomic mass is 32.2. The molecule has 28 heavy (non-hydrogen) atoms. The number of hydrogen-bond acceptors (Lipinski definition) is 7. The molecule has 0 bridgehead atoms. The van der Waals surface area contributed by atoms with E-state index in [4.69, 9.17) is 4.42 Å². The molecule has 0 saturated carbocycles. The van der Waals surface area contributed by atoms with Crippen molar-refractivity contribution in [2.75, 3.05) is 11.1 Å². The number of nitrogens with zero attached hydrogens (tertiary/aromatic N) is 3. The van der Waals surface area contributed by atoms with Crippen LogP contribution in [0.1, 0.15) is 17.1 Å².